The van der Waals surface area contributed by atoms with E-state index in [2.05, 4.69) is 23.8 Å². The molecular weight excluding hydrogens is 336 g/mol. The molecular formula is C19H18N2O5. The van der Waals surface area contributed by atoms with Gasteiger partial charge in [0.1, 0.15) is 6.61 Å². The summed E-state index contributed by atoms with van der Waals surface area (Å²) in [6.45, 7) is 2.53. The molecule has 1 heterocycles. The van der Waals surface area contributed by atoms with Gasteiger partial charge in [-0.3, -0.25) is 14.9 Å². The summed E-state index contributed by atoms with van der Waals surface area (Å²) in [5.74, 6) is -0.471. The number of aryl methyl sites for hydroxylation is 1. The molecule has 0 bridgehead atoms. The first-order valence-corrected chi connectivity index (χ1v) is 7.90. The van der Waals surface area contributed by atoms with Gasteiger partial charge in [0.25, 0.3) is 11.6 Å². The van der Waals surface area contributed by atoms with Gasteiger partial charge in [0.15, 0.2) is 0 Å². The van der Waals surface area contributed by atoms with Crippen LogP contribution in [0, 0.1) is 17.0 Å². The van der Waals surface area contributed by atoms with Crippen LogP contribution in [0.5, 0.6) is 0 Å². The summed E-state index contributed by atoms with van der Waals surface area (Å²) in [4.78, 5) is 33.7. The zero-order valence-electron chi connectivity index (χ0n) is 14.2. The number of imide groups is 1. The predicted octanol–water partition coefficient (Wildman–Crippen LogP) is 3.58. The van der Waals surface area contributed by atoms with Crippen molar-refractivity contribution in [2.75, 3.05) is 13.2 Å². The summed E-state index contributed by atoms with van der Waals surface area (Å²) in [7, 11) is 0. The summed E-state index contributed by atoms with van der Waals surface area (Å²) in [5.41, 5.74) is 1.93. The average Bonchev–Trinajstić information content (AvgIpc) is 3.07. The molecule has 3 rings (SSSR count). The Balaban J connectivity index is 0.000000290. The third-order valence-corrected chi connectivity index (χ3v) is 3.49. The zero-order chi connectivity index (χ0) is 18.9. The lowest BCUT2D eigenvalue weighted by Gasteiger charge is -2.06. The normalized spacial score (nSPS) is 13.1. The highest BCUT2D eigenvalue weighted by atomic mass is 16.6. The van der Waals surface area contributed by atoms with E-state index in [-0.39, 0.29) is 18.8 Å². The molecule has 0 atom stereocenters. The second kappa shape index (κ2) is 9.12. The number of nitrogens with zero attached hydrogens (tertiary/aromatic N) is 2. The minimum absolute atomic E-state index is 0.0217. The minimum Gasteiger partial charge on any atom is -0.447 e. The molecule has 134 valence electrons. The third kappa shape index (κ3) is 5.55. The van der Waals surface area contributed by atoms with Gasteiger partial charge in [-0.2, -0.15) is 0 Å². The first-order valence-electron chi connectivity index (χ1n) is 7.90. The van der Waals surface area contributed by atoms with Crippen molar-refractivity contribution in [3.8, 4) is 0 Å². The largest absolute Gasteiger partial charge is 0.447 e. The van der Waals surface area contributed by atoms with Gasteiger partial charge in [0.05, 0.1) is 11.5 Å². The van der Waals surface area contributed by atoms with E-state index in [9.17, 15) is 19.7 Å². The van der Waals surface area contributed by atoms with Crippen LogP contribution in [0.3, 0.4) is 0 Å². The molecule has 1 aliphatic rings. The second-order valence-corrected chi connectivity index (χ2v) is 5.44. The summed E-state index contributed by atoms with van der Waals surface area (Å²) < 4.78 is 4.64. The Morgan fingerprint density at radius 1 is 1.15 bits per heavy atom. The van der Waals surface area contributed by atoms with E-state index < -0.39 is 16.9 Å². The number of nitro groups is 1. The van der Waals surface area contributed by atoms with Crippen LogP contribution in [0.25, 0.3) is 6.08 Å². The number of nitro benzene ring substituents is 1. The average molecular weight is 354 g/mol. The number of carbonyl (C=O) groups excluding carboxylic acids is 2. The number of benzene rings is 2. The highest BCUT2D eigenvalue weighted by Crippen LogP contribution is 2.13. The summed E-state index contributed by atoms with van der Waals surface area (Å²) >= 11 is 0. The molecule has 1 saturated heterocycles. The molecule has 7 heteroatoms. The fourth-order valence-corrected chi connectivity index (χ4v) is 2.09. The number of hydrogen-bond donors (Lipinski definition) is 0. The molecule has 0 N–H and O–H groups in total. The molecule has 1 aliphatic heterocycles. The van der Waals surface area contributed by atoms with Gasteiger partial charge in [-0.1, -0.05) is 35.9 Å². The van der Waals surface area contributed by atoms with E-state index in [1.807, 2.05) is 18.2 Å². The summed E-state index contributed by atoms with van der Waals surface area (Å²) in [6.07, 6.45) is 2.06. The van der Waals surface area contributed by atoms with Crippen molar-refractivity contribution in [3.63, 3.8) is 0 Å². The Morgan fingerprint density at radius 3 is 2.27 bits per heavy atom. The Labute approximate surface area is 150 Å². The number of cyclic esters (lactones) is 1. The number of non-ortho nitro benzene ring substituents is 1. The lowest BCUT2D eigenvalue weighted by Crippen LogP contribution is -2.29. The van der Waals surface area contributed by atoms with Crippen molar-refractivity contribution in [2.24, 2.45) is 0 Å². The fraction of sp³-hybridized carbons (Fsp3) is 0.158. The van der Waals surface area contributed by atoms with Crippen LogP contribution in [0.15, 0.2) is 60.7 Å². The molecule has 0 spiro atoms. The van der Waals surface area contributed by atoms with Crippen molar-refractivity contribution in [2.45, 2.75) is 6.92 Å². The van der Waals surface area contributed by atoms with Gasteiger partial charge in [-0.15, -0.1) is 0 Å². The Hall–Kier alpha value is -3.48. The number of ether oxygens (including phenoxy) is 1. The van der Waals surface area contributed by atoms with Crippen LogP contribution >= 0.6 is 0 Å². The monoisotopic (exact) mass is 354 g/mol. The summed E-state index contributed by atoms with van der Waals surface area (Å²) in [5, 5.41) is 10.5. The van der Waals surface area contributed by atoms with Crippen molar-refractivity contribution >= 4 is 23.8 Å². The highest BCUT2D eigenvalue weighted by Gasteiger charge is 2.26. The van der Waals surface area contributed by atoms with Gasteiger partial charge >= 0.3 is 6.09 Å². The Bertz CT molecular complexity index is 800. The Kier molecular flexibility index (Phi) is 6.61. The van der Waals surface area contributed by atoms with E-state index in [0.717, 1.165) is 4.90 Å². The third-order valence-electron chi connectivity index (χ3n) is 3.49. The smallest absolute Gasteiger partial charge is 0.416 e. The minimum atomic E-state index is -0.654. The Morgan fingerprint density at radius 2 is 1.81 bits per heavy atom. The van der Waals surface area contributed by atoms with Crippen LogP contribution in [0.4, 0.5) is 10.5 Å². The molecule has 1 fully saturated rings. The predicted molar refractivity (Wildman–Crippen MR) is 96.4 cm³/mol. The van der Waals surface area contributed by atoms with Crippen molar-refractivity contribution in [1.82, 2.24) is 4.90 Å². The number of rotatable bonds is 3. The molecule has 2 amide bonds. The SMILES string of the molecule is Cc1ccccc1.O=C(/C=C/c1ccc([N+](=O)[O-])cc1)N1CCOC1=O. The quantitative estimate of drug-likeness (QED) is 0.477. The zero-order valence-corrected chi connectivity index (χ0v) is 14.2. The van der Waals surface area contributed by atoms with Gasteiger partial charge in [0.2, 0.25) is 0 Å². The summed E-state index contributed by atoms with van der Waals surface area (Å²) in [6, 6.07) is 16.0. The van der Waals surface area contributed by atoms with E-state index >= 15 is 0 Å². The van der Waals surface area contributed by atoms with E-state index in [1.54, 1.807) is 0 Å². The lowest BCUT2D eigenvalue weighted by molar-refractivity contribution is -0.384. The lowest BCUT2D eigenvalue weighted by atomic mass is 10.2. The molecule has 26 heavy (non-hydrogen) atoms. The number of hydrogen-bond acceptors (Lipinski definition) is 5. The topological polar surface area (TPSA) is 89.8 Å². The van der Waals surface area contributed by atoms with Crippen LogP contribution in [0.2, 0.25) is 0 Å². The van der Waals surface area contributed by atoms with E-state index in [1.165, 1.54) is 42.0 Å². The van der Waals surface area contributed by atoms with Gasteiger partial charge < -0.3 is 4.74 Å². The second-order valence-electron chi connectivity index (χ2n) is 5.44. The van der Waals surface area contributed by atoms with Crippen molar-refractivity contribution in [1.29, 1.82) is 0 Å². The van der Waals surface area contributed by atoms with Crippen LogP contribution in [0.1, 0.15) is 11.1 Å². The molecule has 7 nitrogen and oxygen atoms in total. The first kappa shape index (κ1) is 18.9. The maximum Gasteiger partial charge on any atom is 0.416 e. The van der Waals surface area contributed by atoms with Gasteiger partial charge in [-0.05, 0) is 30.7 Å². The van der Waals surface area contributed by atoms with Gasteiger partial charge in [0, 0.05) is 18.2 Å². The molecule has 0 aliphatic carbocycles. The van der Waals surface area contributed by atoms with Crippen molar-refractivity contribution in [3.05, 3.63) is 81.9 Å². The molecule has 0 aromatic heterocycles. The van der Waals surface area contributed by atoms with Crippen LogP contribution in [-0.2, 0) is 9.53 Å². The highest BCUT2D eigenvalue weighted by molar-refractivity contribution is 6.01. The fourth-order valence-electron chi connectivity index (χ4n) is 2.09. The molecule has 0 radical (unpaired) electrons. The standard InChI is InChI=1S/C12H10N2O5.C7H8/c15-11(13-7-8-19-12(13)16)6-3-9-1-4-10(5-2-9)14(17)18;1-7-5-3-2-4-6-7/h1-6H,7-8H2;2-6H,1H3/b6-3+;. The van der Waals surface area contributed by atoms with Crippen molar-refractivity contribution < 1.29 is 19.2 Å². The molecule has 0 unspecified atom stereocenters. The molecule has 2 aromatic carbocycles. The van der Waals surface area contributed by atoms with E-state index in [0.29, 0.717) is 5.56 Å². The maximum absolute atomic E-state index is 11.6. The van der Waals surface area contributed by atoms with Crippen LogP contribution < -0.4 is 0 Å². The molecule has 0 saturated carbocycles. The van der Waals surface area contributed by atoms with Crippen LogP contribution in [-0.4, -0.2) is 35.0 Å². The molecule has 2 aromatic rings. The number of amides is 2. The first-order chi connectivity index (χ1) is 12.5. The van der Waals surface area contributed by atoms with E-state index in [4.69, 9.17) is 0 Å². The van der Waals surface area contributed by atoms with Gasteiger partial charge in [-0.25, -0.2) is 9.69 Å². The number of carbonyl (C=O) groups is 2. The maximum atomic E-state index is 11.6.